The minimum Gasteiger partial charge on any atom is -0.444 e. The van der Waals surface area contributed by atoms with Gasteiger partial charge in [-0.3, -0.25) is 4.79 Å². The lowest BCUT2D eigenvalue weighted by molar-refractivity contribution is -0.114. The fraction of sp³-hybridized carbons (Fsp3) is 0.611. The van der Waals surface area contributed by atoms with Gasteiger partial charge in [0.1, 0.15) is 11.4 Å². The molecule has 1 aromatic rings. The van der Waals surface area contributed by atoms with Gasteiger partial charge in [0.25, 0.3) is 0 Å². The summed E-state index contributed by atoms with van der Waals surface area (Å²) in [5.74, 6) is 0.419. The molecule has 0 aliphatic carbocycles. The summed E-state index contributed by atoms with van der Waals surface area (Å²) in [4.78, 5) is 31.4. The van der Waals surface area contributed by atoms with Crippen LogP contribution < -0.4 is 10.2 Å². The second-order valence-corrected chi connectivity index (χ2v) is 7.39. The molecule has 0 saturated carbocycles. The zero-order chi connectivity index (χ0) is 18.6. The number of hydrogen-bond acceptors (Lipinski definition) is 5. The van der Waals surface area contributed by atoms with Crippen molar-refractivity contribution in [3.05, 3.63) is 18.3 Å². The number of nitrogens with zero attached hydrogens (tertiary/aromatic N) is 3. The Hall–Kier alpha value is -2.31. The molecule has 7 nitrogen and oxygen atoms in total. The Morgan fingerprint density at radius 2 is 1.92 bits per heavy atom. The monoisotopic (exact) mass is 348 g/mol. The lowest BCUT2D eigenvalue weighted by Gasteiger charge is -2.38. The maximum absolute atomic E-state index is 12.2. The lowest BCUT2D eigenvalue weighted by Crippen LogP contribution is -2.47. The number of hydrogen-bond donors (Lipinski definition) is 1. The Morgan fingerprint density at radius 1 is 1.28 bits per heavy atom. The van der Waals surface area contributed by atoms with E-state index in [-0.39, 0.29) is 18.0 Å². The highest BCUT2D eigenvalue weighted by Crippen LogP contribution is 2.23. The summed E-state index contributed by atoms with van der Waals surface area (Å²) in [5, 5.41) is 2.66. The molecular formula is C18H28N4O3. The average Bonchev–Trinajstić information content (AvgIpc) is 2.53. The van der Waals surface area contributed by atoms with E-state index in [1.54, 1.807) is 24.2 Å². The number of pyridine rings is 1. The van der Waals surface area contributed by atoms with Crippen LogP contribution in [0, 0.1) is 0 Å². The van der Waals surface area contributed by atoms with Gasteiger partial charge in [-0.1, -0.05) is 0 Å². The van der Waals surface area contributed by atoms with E-state index in [4.69, 9.17) is 4.74 Å². The molecule has 1 N–H and O–H groups in total. The van der Waals surface area contributed by atoms with E-state index in [2.05, 4.69) is 15.2 Å². The molecule has 2 rings (SSSR count). The van der Waals surface area contributed by atoms with Crippen molar-refractivity contribution < 1.29 is 14.3 Å². The number of piperidine rings is 1. The fourth-order valence-corrected chi connectivity index (χ4v) is 2.82. The quantitative estimate of drug-likeness (QED) is 0.909. The van der Waals surface area contributed by atoms with Gasteiger partial charge < -0.3 is 19.9 Å². The Labute approximate surface area is 149 Å². The number of carbonyl (C=O) groups is 2. The number of amides is 2. The summed E-state index contributed by atoms with van der Waals surface area (Å²) in [5.41, 5.74) is 0.542. The first-order valence-corrected chi connectivity index (χ1v) is 8.60. The zero-order valence-corrected chi connectivity index (χ0v) is 15.7. The molecule has 0 aromatic carbocycles. The van der Waals surface area contributed by atoms with Gasteiger partial charge in [0, 0.05) is 33.1 Å². The van der Waals surface area contributed by atoms with Crippen LogP contribution in [0.4, 0.5) is 16.3 Å². The molecule has 0 radical (unpaired) electrons. The van der Waals surface area contributed by atoms with E-state index in [1.165, 1.54) is 6.92 Å². The standard InChI is InChI=1S/C18H28N4O3/c1-13(23)20-16-7-6-15(12-19-16)22-10-8-14(9-11-22)21(5)17(24)25-18(2,3)4/h6-7,12,14H,8-11H2,1-5H3,(H,19,20,23). The molecule has 0 spiro atoms. The van der Waals surface area contributed by atoms with Gasteiger partial charge in [0.05, 0.1) is 11.9 Å². The number of nitrogens with one attached hydrogen (secondary N) is 1. The van der Waals surface area contributed by atoms with Crippen molar-refractivity contribution in [2.75, 3.05) is 30.4 Å². The minimum absolute atomic E-state index is 0.133. The third kappa shape index (κ3) is 5.62. The molecule has 2 amide bonds. The summed E-state index contributed by atoms with van der Waals surface area (Å²) < 4.78 is 5.44. The minimum atomic E-state index is -0.479. The van der Waals surface area contributed by atoms with E-state index in [0.29, 0.717) is 5.82 Å². The molecule has 2 heterocycles. The molecule has 1 aliphatic heterocycles. The average molecular weight is 348 g/mol. The third-order valence-electron chi connectivity index (χ3n) is 4.11. The van der Waals surface area contributed by atoms with E-state index < -0.39 is 5.60 Å². The van der Waals surface area contributed by atoms with Crippen molar-refractivity contribution in [3.63, 3.8) is 0 Å². The van der Waals surface area contributed by atoms with Crippen LogP contribution >= 0.6 is 0 Å². The normalized spacial score (nSPS) is 15.6. The first-order chi connectivity index (χ1) is 11.7. The lowest BCUT2D eigenvalue weighted by atomic mass is 10.0. The highest BCUT2D eigenvalue weighted by Gasteiger charge is 2.28. The highest BCUT2D eigenvalue weighted by atomic mass is 16.6. The smallest absolute Gasteiger partial charge is 0.410 e. The van der Waals surface area contributed by atoms with Gasteiger partial charge in [-0.25, -0.2) is 9.78 Å². The number of aromatic nitrogens is 1. The van der Waals surface area contributed by atoms with Crippen LogP contribution in [0.1, 0.15) is 40.5 Å². The van der Waals surface area contributed by atoms with E-state index in [9.17, 15) is 9.59 Å². The van der Waals surface area contributed by atoms with Crippen molar-refractivity contribution in [2.45, 2.75) is 52.2 Å². The van der Waals surface area contributed by atoms with Crippen LogP contribution in [0.5, 0.6) is 0 Å². The van der Waals surface area contributed by atoms with Gasteiger partial charge in [0.15, 0.2) is 0 Å². The summed E-state index contributed by atoms with van der Waals surface area (Å²) in [7, 11) is 1.80. The molecule has 1 saturated heterocycles. The topological polar surface area (TPSA) is 74.8 Å². The fourth-order valence-electron chi connectivity index (χ4n) is 2.82. The number of ether oxygens (including phenoxy) is 1. The summed E-state index contributed by atoms with van der Waals surface area (Å²) >= 11 is 0. The Balaban J connectivity index is 1.88. The predicted octanol–water partition coefficient (Wildman–Crippen LogP) is 2.88. The van der Waals surface area contributed by atoms with Gasteiger partial charge in [-0.2, -0.15) is 0 Å². The number of rotatable bonds is 3. The number of carbonyl (C=O) groups excluding carboxylic acids is 2. The van der Waals surface area contributed by atoms with Crippen LogP contribution in [0.2, 0.25) is 0 Å². The van der Waals surface area contributed by atoms with Crippen LogP contribution in [-0.2, 0) is 9.53 Å². The van der Waals surface area contributed by atoms with Crippen LogP contribution in [0.15, 0.2) is 18.3 Å². The Morgan fingerprint density at radius 3 is 2.40 bits per heavy atom. The van der Waals surface area contributed by atoms with Gasteiger partial charge >= 0.3 is 6.09 Å². The highest BCUT2D eigenvalue weighted by molar-refractivity contribution is 5.87. The SMILES string of the molecule is CC(=O)Nc1ccc(N2CCC(N(C)C(=O)OC(C)(C)C)CC2)cn1. The maximum Gasteiger partial charge on any atom is 0.410 e. The second kappa shape index (κ2) is 7.72. The Kier molecular flexibility index (Phi) is 5.87. The largest absolute Gasteiger partial charge is 0.444 e. The molecule has 1 fully saturated rings. The summed E-state index contributed by atoms with van der Waals surface area (Å²) in [6, 6.07) is 3.93. The summed E-state index contributed by atoms with van der Waals surface area (Å²) in [6.07, 6.45) is 3.25. The van der Waals surface area contributed by atoms with Crippen molar-refractivity contribution in [2.24, 2.45) is 0 Å². The first kappa shape index (κ1) is 19.0. The van der Waals surface area contributed by atoms with Crippen molar-refractivity contribution in [1.29, 1.82) is 0 Å². The molecule has 0 atom stereocenters. The van der Waals surface area contributed by atoms with E-state index in [1.807, 2.05) is 26.8 Å². The molecule has 1 aliphatic rings. The first-order valence-electron chi connectivity index (χ1n) is 8.60. The molecule has 1 aromatic heterocycles. The van der Waals surface area contributed by atoms with Crippen LogP contribution in [-0.4, -0.2) is 53.7 Å². The summed E-state index contributed by atoms with van der Waals surface area (Å²) in [6.45, 7) is 8.77. The van der Waals surface area contributed by atoms with Gasteiger partial charge in [-0.05, 0) is 45.7 Å². The molecule has 138 valence electrons. The Bertz CT molecular complexity index is 602. The van der Waals surface area contributed by atoms with Crippen molar-refractivity contribution in [1.82, 2.24) is 9.88 Å². The molecule has 7 heteroatoms. The molecule has 25 heavy (non-hydrogen) atoms. The van der Waals surface area contributed by atoms with Crippen molar-refractivity contribution in [3.8, 4) is 0 Å². The molecule has 0 bridgehead atoms. The van der Waals surface area contributed by atoms with Gasteiger partial charge in [0.2, 0.25) is 5.91 Å². The second-order valence-electron chi connectivity index (χ2n) is 7.39. The molecular weight excluding hydrogens is 320 g/mol. The van der Waals surface area contributed by atoms with E-state index in [0.717, 1.165) is 31.6 Å². The zero-order valence-electron chi connectivity index (χ0n) is 15.7. The number of anilines is 2. The van der Waals surface area contributed by atoms with Gasteiger partial charge in [-0.15, -0.1) is 0 Å². The third-order valence-corrected chi connectivity index (χ3v) is 4.11. The van der Waals surface area contributed by atoms with Crippen LogP contribution in [0.25, 0.3) is 0 Å². The van der Waals surface area contributed by atoms with E-state index >= 15 is 0 Å². The maximum atomic E-state index is 12.2. The molecule has 0 unspecified atom stereocenters. The van der Waals surface area contributed by atoms with Crippen LogP contribution in [0.3, 0.4) is 0 Å². The predicted molar refractivity (Wildman–Crippen MR) is 97.8 cm³/mol. The van der Waals surface area contributed by atoms with Crippen molar-refractivity contribution >= 4 is 23.5 Å².